The molecule has 2 rings (SSSR count). The van der Waals surface area contributed by atoms with Gasteiger partial charge in [0.2, 0.25) is 0 Å². The van der Waals surface area contributed by atoms with E-state index in [2.05, 4.69) is 0 Å². The zero-order valence-corrected chi connectivity index (χ0v) is 17.5. The molecule has 1 amide bonds. The van der Waals surface area contributed by atoms with Crippen molar-refractivity contribution in [3.63, 3.8) is 0 Å². The van der Waals surface area contributed by atoms with E-state index in [1.807, 2.05) is 19.9 Å². The molecule has 0 unspecified atom stereocenters. The highest BCUT2D eigenvalue weighted by Gasteiger charge is 2.41. The predicted molar refractivity (Wildman–Crippen MR) is 110 cm³/mol. The molecular formula is C19H23NO5S2. The van der Waals surface area contributed by atoms with Gasteiger partial charge in [0.15, 0.2) is 11.5 Å². The summed E-state index contributed by atoms with van der Waals surface area (Å²) in [4.78, 5) is 25.9. The summed E-state index contributed by atoms with van der Waals surface area (Å²) >= 11 is 6.36. The number of hydrogen-bond acceptors (Lipinski definition) is 6. The Labute approximate surface area is 168 Å². The van der Waals surface area contributed by atoms with Gasteiger partial charge in [-0.2, -0.15) is 0 Å². The highest BCUT2D eigenvalue weighted by atomic mass is 32.2. The molecule has 1 atom stereocenters. The van der Waals surface area contributed by atoms with Gasteiger partial charge in [-0.05, 0) is 43.5 Å². The molecule has 1 saturated heterocycles. The second-order valence-corrected chi connectivity index (χ2v) is 8.33. The molecule has 0 saturated carbocycles. The lowest BCUT2D eigenvalue weighted by Crippen LogP contribution is -2.47. The zero-order chi connectivity index (χ0) is 20.3. The van der Waals surface area contributed by atoms with Crippen LogP contribution >= 0.6 is 24.0 Å². The molecule has 0 spiro atoms. The lowest BCUT2D eigenvalue weighted by molar-refractivity contribution is -0.146. The van der Waals surface area contributed by atoms with E-state index in [0.717, 1.165) is 17.3 Å². The molecule has 0 aliphatic carbocycles. The first-order valence-corrected chi connectivity index (χ1v) is 9.72. The molecule has 0 aromatic heterocycles. The number of nitrogens with zero attached hydrogens (tertiary/aromatic N) is 1. The maximum Gasteiger partial charge on any atom is 0.327 e. The number of methoxy groups -OCH3 is 1. The molecule has 1 aliphatic rings. The van der Waals surface area contributed by atoms with Crippen molar-refractivity contribution in [2.45, 2.75) is 39.8 Å². The van der Waals surface area contributed by atoms with Crippen LogP contribution in [-0.4, -0.2) is 45.5 Å². The first-order chi connectivity index (χ1) is 12.6. The number of aliphatic carboxylic acids is 1. The van der Waals surface area contributed by atoms with Gasteiger partial charge < -0.3 is 14.6 Å². The van der Waals surface area contributed by atoms with E-state index < -0.39 is 17.9 Å². The average molecular weight is 410 g/mol. The van der Waals surface area contributed by atoms with Gasteiger partial charge in [0.25, 0.3) is 5.91 Å². The van der Waals surface area contributed by atoms with E-state index >= 15 is 0 Å². The minimum atomic E-state index is -1.07. The molecule has 0 bridgehead atoms. The van der Waals surface area contributed by atoms with Gasteiger partial charge >= 0.3 is 5.97 Å². The Morgan fingerprint density at radius 2 is 1.93 bits per heavy atom. The maximum atomic E-state index is 12.8. The predicted octanol–water partition coefficient (Wildman–Crippen LogP) is 3.79. The third kappa shape index (κ3) is 4.81. The van der Waals surface area contributed by atoms with Gasteiger partial charge in [0.1, 0.15) is 10.4 Å². The Morgan fingerprint density at radius 3 is 2.44 bits per heavy atom. The number of carboxylic acids is 1. The van der Waals surface area contributed by atoms with Crippen LogP contribution in [0.25, 0.3) is 6.08 Å². The van der Waals surface area contributed by atoms with Crippen molar-refractivity contribution >= 4 is 46.3 Å². The molecule has 1 N–H and O–H groups in total. The topological polar surface area (TPSA) is 76.1 Å². The summed E-state index contributed by atoms with van der Waals surface area (Å²) in [6.07, 6.45) is 1.69. The van der Waals surface area contributed by atoms with Crippen LogP contribution in [0, 0.1) is 5.92 Å². The van der Waals surface area contributed by atoms with Gasteiger partial charge in [-0.15, -0.1) is 0 Å². The van der Waals surface area contributed by atoms with Crippen LogP contribution in [0.15, 0.2) is 23.1 Å². The van der Waals surface area contributed by atoms with Gasteiger partial charge in [-0.25, -0.2) is 4.79 Å². The second kappa shape index (κ2) is 8.75. The van der Waals surface area contributed by atoms with Crippen LogP contribution < -0.4 is 9.47 Å². The van der Waals surface area contributed by atoms with Crippen molar-refractivity contribution in [1.29, 1.82) is 0 Å². The Balaban J connectivity index is 2.33. The van der Waals surface area contributed by atoms with Crippen LogP contribution in [0.2, 0.25) is 0 Å². The normalized spacial score (nSPS) is 17.1. The maximum absolute atomic E-state index is 12.8. The quantitative estimate of drug-likeness (QED) is 0.542. The van der Waals surface area contributed by atoms with Gasteiger partial charge in [0.05, 0.1) is 18.1 Å². The van der Waals surface area contributed by atoms with Gasteiger partial charge in [0, 0.05) is 0 Å². The zero-order valence-electron chi connectivity index (χ0n) is 15.9. The molecule has 0 radical (unpaired) electrons. The summed E-state index contributed by atoms with van der Waals surface area (Å²) in [6, 6.07) is 4.37. The smallest absolute Gasteiger partial charge is 0.327 e. The van der Waals surface area contributed by atoms with Crippen molar-refractivity contribution in [2.24, 2.45) is 5.92 Å². The lowest BCUT2D eigenvalue weighted by atomic mass is 10.0. The van der Waals surface area contributed by atoms with Crippen molar-refractivity contribution in [1.82, 2.24) is 4.90 Å². The van der Waals surface area contributed by atoms with E-state index in [0.29, 0.717) is 16.4 Å². The third-order valence-corrected chi connectivity index (χ3v) is 5.16. The Morgan fingerprint density at radius 1 is 1.26 bits per heavy atom. The molecule has 1 fully saturated rings. The Bertz CT molecular complexity index is 788. The molecule has 146 valence electrons. The highest BCUT2D eigenvalue weighted by molar-refractivity contribution is 8.26. The van der Waals surface area contributed by atoms with Crippen molar-refractivity contribution in [2.75, 3.05) is 7.11 Å². The largest absolute Gasteiger partial charge is 0.493 e. The number of ether oxygens (including phenoxy) is 2. The Hall–Kier alpha value is -2.06. The SMILES string of the molecule is COc1cc(/C=C2/SC(=S)N([C@H](C(=O)O)C(C)C)C2=O)ccc1OC(C)C. The summed E-state index contributed by atoms with van der Waals surface area (Å²) in [5.41, 5.74) is 0.736. The van der Waals surface area contributed by atoms with Gasteiger partial charge in [-0.1, -0.05) is 43.9 Å². The van der Waals surface area contributed by atoms with Crippen LogP contribution in [0.3, 0.4) is 0 Å². The first kappa shape index (κ1) is 21.2. The van der Waals surface area contributed by atoms with Crippen molar-refractivity contribution < 1.29 is 24.2 Å². The number of carboxylic acid groups (broad SMARTS) is 1. The van der Waals surface area contributed by atoms with E-state index in [9.17, 15) is 14.7 Å². The second-order valence-electron chi connectivity index (χ2n) is 6.66. The molecule has 1 heterocycles. The fourth-order valence-corrected chi connectivity index (χ4v) is 4.02. The monoisotopic (exact) mass is 409 g/mol. The van der Waals surface area contributed by atoms with Crippen molar-refractivity contribution in [3.8, 4) is 11.5 Å². The molecule has 1 aromatic carbocycles. The number of amides is 1. The highest BCUT2D eigenvalue weighted by Crippen LogP contribution is 2.37. The van der Waals surface area contributed by atoms with Crippen molar-refractivity contribution in [3.05, 3.63) is 28.7 Å². The minimum absolute atomic E-state index is 0.00462. The summed E-state index contributed by atoms with van der Waals surface area (Å²) in [5.74, 6) is -0.564. The van der Waals surface area contributed by atoms with E-state index in [1.54, 1.807) is 39.2 Å². The first-order valence-electron chi connectivity index (χ1n) is 8.50. The molecular weight excluding hydrogens is 386 g/mol. The number of rotatable bonds is 7. The number of carbonyl (C=O) groups is 2. The summed E-state index contributed by atoms with van der Waals surface area (Å²) in [6.45, 7) is 7.34. The molecule has 1 aromatic rings. The summed E-state index contributed by atoms with van der Waals surface area (Å²) in [7, 11) is 1.55. The summed E-state index contributed by atoms with van der Waals surface area (Å²) < 4.78 is 11.3. The van der Waals surface area contributed by atoms with Gasteiger partial charge in [-0.3, -0.25) is 9.69 Å². The Kier molecular flexibility index (Phi) is 6.89. The molecule has 8 heteroatoms. The fraction of sp³-hybridized carbons (Fsp3) is 0.421. The third-order valence-electron chi connectivity index (χ3n) is 3.83. The number of carbonyl (C=O) groups excluding carboxylic acids is 1. The minimum Gasteiger partial charge on any atom is -0.493 e. The van der Waals surface area contributed by atoms with Crippen LogP contribution in [-0.2, 0) is 9.59 Å². The lowest BCUT2D eigenvalue weighted by Gasteiger charge is -2.26. The summed E-state index contributed by atoms with van der Waals surface area (Å²) in [5, 5.41) is 9.47. The van der Waals surface area contributed by atoms with E-state index in [-0.39, 0.29) is 16.3 Å². The molecule has 27 heavy (non-hydrogen) atoms. The average Bonchev–Trinajstić information content (AvgIpc) is 2.83. The number of thioether (sulfide) groups is 1. The number of hydrogen-bond donors (Lipinski definition) is 1. The standard InChI is InChI=1S/C19H23NO5S2/c1-10(2)16(18(22)23)20-17(21)15(27-19(20)26)9-12-6-7-13(25-11(3)4)14(8-12)24-5/h6-11,16H,1-5H3,(H,22,23)/b15-9+/t16-/m0/s1. The molecule has 6 nitrogen and oxygen atoms in total. The van der Waals surface area contributed by atoms with E-state index in [4.69, 9.17) is 21.7 Å². The van der Waals surface area contributed by atoms with Crippen LogP contribution in [0.1, 0.15) is 33.3 Å². The van der Waals surface area contributed by atoms with Crippen LogP contribution in [0.5, 0.6) is 11.5 Å². The number of benzene rings is 1. The molecule has 1 aliphatic heterocycles. The fourth-order valence-electron chi connectivity index (χ4n) is 2.69. The van der Waals surface area contributed by atoms with Crippen LogP contribution in [0.4, 0.5) is 0 Å². The van der Waals surface area contributed by atoms with E-state index in [1.165, 1.54) is 4.90 Å². The number of thiocarbonyl (C=S) groups is 1.